The molecule has 1 unspecified atom stereocenters. The topological polar surface area (TPSA) is 111 Å². The summed E-state index contributed by atoms with van der Waals surface area (Å²) in [5.74, 6) is -1.54. The summed E-state index contributed by atoms with van der Waals surface area (Å²) in [5, 5.41) is 22.5. The maximum atomic E-state index is 14.6. The van der Waals surface area contributed by atoms with Gasteiger partial charge in [-0.05, 0) is 52.6 Å². The lowest BCUT2D eigenvalue weighted by Gasteiger charge is -2.24. The first-order valence-corrected chi connectivity index (χ1v) is 15.9. The predicted molar refractivity (Wildman–Crippen MR) is 175 cm³/mol. The lowest BCUT2D eigenvalue weighted by atomic mass is 9.94. The minimum atomic E-state index is -1.18. The number of benzene rings is 4. The average molecular weight is 658 g/mol. The van der Waals surface area contributed by atoms with E-state index in [0.29, 0.717) is 27.0 Å². The summed E-state index contributed by atoms with van der Waals surface area (Å²) in [6, 6.07) is 20.3. The highest BCUT2D eigenvalue weighted by Crippen LogP contribution is 2.48. The molecule has 1 atom stereocenters. The fraction of sp³-hybridized carbons (Fsp3) is 0.176. The number of Topliss-reactive ketones (excluding diaryl/α,β-unsaturated/α-hetero) is 1. The Morgan fingerprint density at radius 2 is 1.67 bits per heavy atom. The van der Waals surface area contributed by atoms with Crippen LogP contribution in [0.15, 0.2) is 82.7 Å². The van der Waals surface area contributed by atoms with Gasteiger partial charge in [-0.15, -0.1) is 10.2 Å². The number of rotatable bonds is 9. The number of amides is 1. The molecule has 2 heterocycles. The van der Waals surface area contributed by atoms with Crippen molar-refractivity contribution in [3.8, 4) is 17.2 Å². The first-order chi connectivity index (χ1) is 22.2. The van der Waals surface area contributed by atoms with Crippen LogP contribution in [0.2, 0.25) is 0 Å². The number of ether oxygens (including phenoxy) is 3. The lowest BCUT2D eigenvalue weighted by Crippen LogP contribution is -2.29. The number of halogens is 1. The number of aromatic nitrogens is 2. The van der Waals surface area contributed by atoms with Crippen LogP contribution < -0.4 is 19.1 Å². The van der Waals surface area contributed by atoms with Crippen LogP contribution in [0.5, 0.6) is 17.2 Å². The molecule has 0 bridgehead atoms. The van der Waals surface area contributed by atoms with E-state index >= 15 is 0 Å². The van der Waals surface area contributed by atoms with Crippen molar-refractivity contribution in [2.75, 3.05) is 26.2 Å². The van der Waals surface area contributed by atoms with Crippen molar-refractivity contribution < 1.29 is 33.3 Å². The molecule has 0 spiro atoms. The number of hydrogen-bond acceptors (Lipinski definition) is 10. The molecule has 1 aromatic heterocycles. The number of aryl methyl sites for hydroxylation is 1. The van der Waals surface area contributed by atoms with E-state index in [-0.39, 0.29) is 27.8 Å². The standard InChI is InChI=1S/C34H28FN3O6S2/c1-18-12-13-20(14-24(18)35)29(39)27-28(22-15-25(42-2)31(44-4)26(16-22)43-3)38(32(41)30(27)40)33-36-37-34(46-33)45-17-21-10-7-9-19-8-5-6-11-23(19)21/h5-16,28,39H,17H2,1-4H3. The number of thioether (sulfide) groups is 1. The highest BCUT2D eigenvalue weighted by Gasteiger charge is 2.49. The molecular weight excluding hydrogens is 630 g/mol. The van der Waals surface area contributed by atoms with Crippen molar-refractivity contribution in [2.24, 2.45) is 0 Å². The van der Waals surface area contributed by atoms with E-state index in [1.54, 1.807) is 19.1 Å². The zero-order valence-corrected chi connectivity index (χ0v) is 26.9. The molecular formula is C34H28FN3O6S2. The first-order valence-electron chi connectivity index (χ1n) is 14.1. The summed E-state index contributed by atoms with van der Waals surface area (Å²) in [6.45, 7) is 1.58. The third-order valence-corrected chi connectivity index (χ3v) is 9.83. The molecule has 0 aliphatic carbocycles. The second-order valence-electron chi connectivity index (χ2n) is 10.4. The number of aliphatic hydroxyl groups excluding tert-OH is 1. The van der Waals surface area contributed by atoms with Crippen LogP contribution in [0.25, 0.3) is 16.5 Å². The Morgan fingerprint density at radius 1 is 0.957 bits per heavy atom. The Bertz CT molecular complexity index is 2000. The van der Waals surface area contributed by atoms with E-state index in [4.69, 9.17) is 14.2 Å². The molecule has 46 heavy (non-hydrogen) atoms. The van der Waals surface area contributed by atoms with Crippen molar-refractivity contribution in [1.82, 2.24) is 10.2 Å². The average Bonchev–Trinajstić information content (AvgIpc) is 3.65. The minimum absolute atomic E-state index is 0.0436. The van der Waals surface area contributed by atoms with Gasteiger partial charge in [-0.25, -0.2) is 4.39 Å². The highest BCUT2D eigenvalue weighted by molar-refractivity contribution is 8.00. The van der Waals surface area contributed by atoms with Crippen molar-refractivity contribution >= 4 is 56.5 Å². The van der Waals surface area contributed by atoms with Crippen molar-refractivity contribution in [2.45, 2.75) is 23.1 Å². The maximum absolute atomic E-state index is 14.6. The summed E-state index contributed by atoms with van der Waals surface area (Å²) < 4.78 is 31.7. The van der Waals surface area contributed by atoms with Gasteiger partial charge in [0.25, 0.3) is 5.78 Å². The van der Waals surface area contributed by atoms with Crippen molar-refractivity contribution in [1.29, 1.82) is 0 Å². The van der Waals surface area contributed by atoms with Crippen LogP contribution in [0, 0.1) is 12.7 Å². The van der Waals surface area contributed by atoms with E-state index in [2.05, 4.69) is 28.4 Å². The Balaban J connectivity index is 1.44. The van der Waals surface area contributed by atoms with E-state index in [0.717, 1.165) is 33.7 Å². The lowest BCUT2D eigenvalue weighted by molar-refractivity contribution is -0.132. The van der Waals surface area contributed by atoms with Gasteiger partial charge in [0.1, 0.15) is 11.6 Å². The minimum Gasteiger partial charge on any atom is -0.507 e. The van der Waals surface area contributed by atoms with Gasteiger partial charge in [0, 0.05) is 11.3 Å². The summed E-state index contributed by atoms with van der Waals surface area (Å²) >= 11 is 2.60. The van der Waals surface area contributed by atoms with Gasteiger partial charge in [0.15, 0.2) is 15.8 Å². The molecule has 234 valence electrons. The number of ketones is 1. The van der Waals surface area contributed by atoms with E-state index in [1.165, 1.54) is 50.1 Å². The smallest absolute Gasteiger partial charge is 0.301 e. The summed E-state index contributed by atoms with van der Waals surface area (Å²) in [4.78, 5) is 28.6. The number of hydrogen-bond donors (Lipinski definition) is 1. The number of aliphatic hydroxyl groups is 1. The quantitative estimate of drug-likeness (QED) is 0.0584. The molecule has 1 aliphatic rings. The van der Waals surface area contributed by atoms with Gasteiger partial charge in [-0.2, -0.15) is 0 Å². The highest BCUT2D eigenvalue weighted by atomic mass is 32.2. The van der Waals surface area contributed by atoms with Crippen LogP contribution in [-0.2, 0) is 15.3 Å². The SMILES string of the molecule is COc1cc(C2C(=C(O)c3ccc(C)c(F)c3)C(=O)C(=O)N2c2nnc(SCc3cccc4ccccc34)s2)cc(OC)c1OC. The molecule has 1 fully saturated rings. The molecule has 1 aliphatic heterocycles. The molecule has 4 aromatic carbocycles. The molecule has 5 aromatic rings. The first kappa shape index (κ1) is 31.1. The summed E-state index contributed by atoms with van der Waals surface area (Å²) in [7, 11) is 4.34. The number of fused-ring (bicyclic) bond motifs is 1. The van der Waals surface area contributed by atoms with Crippen molar-refractivity contribution in [3.63, 3.8) is 0 Å². The molecule has 6 rings (SSSR count). The number of nitrogens with zero attached hydrogens (tertiary/aromatic N) is 3. The van der Waals surface area contributed by atoms with Gasteiger partial charge in [-0.3, -0.25) is 14.5 Å². The maximum Gasteiger partial charge on any atom is 0.301 e. The van der Waals surface area contributed by atoms with Gasteiger partial charge in [0.2, 0.25) is 10.9 Å². The van der Waals surface area contributed by atoms with Crippen LogP contribution in [0.4, 0.5) is 9.52 Å². The Hall–Kier alpha value is -4.94. The van der Waals surface area contributed by atoms with Crippen LogP contribution in [0.1, 0.15) is 28.3 Å². The zero-order chi connectivity index (χ0) is 32.5. The van der Waals surface area contributed by atoms with Crippen LogP contribution >= 0.6 is 23.1 Å². The molecule has 12 heteroatoms. The number of carbonyl (C=O) groups excluding carboxylic acids is 2. The summed E-state index contributed by atoms with van der Waals surface area (Å²) in [5.41, 5.74) is 1.64. The van der Waals surface area contributed by atoms with Crippen molar-refractivity contribution in [3.05, 3.63) is 106 Å². The largest absolute Gasteiger partial charge is 0.507 e. The number of methoxy groups -OCH3 is 3. The Kier molecular flexibility index (Phi) is 8.65. The van der Waals surface area contributed by atoms with E-state index in [1.807, 2.05) is 24.3 Å². The Labute approximate surface area is 272 Å². The fourth-order valence-electron chi connectivity index (χ4n) is 5.42. The Morgan fingerprint density at radius 3 is 2.37 bits per heavy atom. The second-order valence-corrected chi connectivity index (χ2v) is 12.5. The molecule has 0 saturated carbocycles. The predicted octanol–water partition coefficient (Wildman–Crippen LogP) is 7.08. The monoisotopic (exact) mass is 657 g/mol. The normalized spacial score (nSPS) is 15.8. The second kappa shape index (κ2) is 12.8. The molecule has 9 nitrogen and oxygen atoms in total. The third kappa shape index (κ3) is 5.54. The molecule has 1 amide bonds. The van der Waals surface area contributed by atoms with E-state index < -0.39 is 29.3 Å². The summed E-state index contributed by atoms with van der Waals surface area (Å²) in [6.07, 6.45) is 0. The number of anilines is 1. The van der Waals surface area contributed by atoms with Gasteiger partial charge in [0.05, 0.1) is 32.9 Å². The molecule has 0 radical (unpaired) electrons. The molecule has 1 saturated heterocycles. The zero-order valence-electron chi connectivity index (χ0n) is 25.2. The number of carbonyl (C=O) groups is 2. The van der Waals surface area contributed by atoms with Gasteiger partial charge < -0.3 is 19.3 Å². The third-order valence-electron chi connectivity index (χ3n) is 7.73. The fourth-order valence-corrected chi connectivity index (χ4v) is 7.29. The van der Waals surface area contributed by atoms with Crippen LogP contribution in [0.3, 0.4) is 0 Å². The van der Waals surface area contributed by atoms with E-state index in [9.17, 15) is 19.1 Å². The van der Waals surface area contributed by atoms with Gasteiger partial charge in [-0.1, -0.05) is 77.7 Å². The molecule has 1 N–H and O–H groups in total. The van der Waals surface area contributed by atoms with Gasteiger partial charge >= 0.3 is 5.91 Å². The van der Waals surface area contributed by atoms with Crippen LogP contribution in [-0.4, -0.2) is 48.3 Å².